The highest BCUT2D eigenvalue weighted by Crippen LogP contribution is 2.41. The minimum absolute atomic E-state index is 0.769. The van der Waals surface area contributed by atoms with E-state index in [4.69, 9.17) is 4.34 Å². The highest BCUT2D eigenvalue weighted by Gasteiger charge is 2.45. The Morgan fingerprint density at radius 2 is 1.26 bits per heavy atom. The first kappa shape index (κ1) is 19.6. The summed E-state index contributed by atoms with van der Waals surface area (Å²) in [6, 6.07) is 3.03. The molecule has 0 bridgehead atoms. The second kappa shape index (κ2) is 7.04. The summed E-state index contributed by atoms with van der Waals surface area (Å²) in [5.41, 5.74) is 0. The number of hydrogen-bond acceptors (Lipinski definition) is 3. The molecule has 7 heteroatoms. The van der Waals surface area contributed by atoms with Crippen molar-refractivity contribution in [3.8, 4) is 0 Å². The average Bonchev–Trinajstić information content (AvgIpc) is 2.20. The first-order valence-corrected chi connectivity index (χ1v) is 17.1. The van der Waals surface area contributed by atoms with Gasteiger partial charge in [0.2, 0.25) is 0 Å². The summed E-state index contributed by atoms with van der Waals surface area (Å²) in [5.74, 6) is 0. The van der Waals surface area contributed by atoms with Crippen LogP contribution in [0.1, 0.15) is 13.8 Å². The minimum Gasteiger partial charge on any atom is -0.428 e. The Kier molecular flexibility index (Phi) is 7.26. The van der Waals surface area contributed by atoms with E-state index in [9.17, 15) is 10.0 Å². The molecule has 0 aliphatic rings. The average molecular weight is 320 g/mol. The van der Waals surface area contributed by atoms with Crippen molar-refractivity contribution in [2.45, 2.75) is 76.4 Å². The highest BCUT2D eigenvalue weighted by atomic mass is 28.4. The molecule has 0 saturated carbocycles. The van der Waals surface area contributed by atoms with Gasteiger partial charge in [-0.1, -0.05) is 58.3 Å². The van der Waals surface area contributed by atoms with Crippen molar-refractivity contribution in [3.63, 3.8) is 0 Å². The van der Waals surface area contributed by atoms with Gasteiger partial charge in [-0.15, -0.1) is 0 Å². The van der Waals surface area contributed by atoms with Crippen LogP contribution in [0.15, 0.2) is 0 Å². The summed E-state index contributed by atoms with van der Waals surface area (Å²) in [6.07, 6.45) is 0. The van der Waals surface area contributed by atoms with Crippen LogP contribution in [0.3, 0.4) is 0 Å². The lowest BCUT2D eigenvalue weighted by atomic mass is 10.3. The van der Waals surface area contributed by atoms with Gasteiger partial charge in [-0.3, -0.25) is 0 Å². The fraction of sp³-hybridized carbons (Fsp3) is 1.00. The molecule has 0 aliphatic carbocycles. The molecule has 0 aromatic rings. The predicted octanol–water partition coefficient (Wildman–Crippen LogP) is 3.54. The van der Waals surface area contributed by atoms with Gasteiger partial charge < -0.3 is 14.4 Å². The highest BCUT2D eigenvalue weighted by molar-refractivity contribution is 6.98. The van der Waals surface area contributed by atoms with Crippen LogP contribution >= 0.6 is 0 Å². The largest absolute Gasteiger partial charge is 0.622 e. The van der Waals surface area contributed by atoms with Gasteiger partial charge in [0.05, 0.1) is 0 Å². The fourth-order valence-corrected chi connectivity index (χ4v) is 23.5. The van der Waals surface area contributed by atoms with Crippen LogP contribution in [0.5, 0.6) is 0 Å². The van der Waals surface area contributed by atoms with Crippen molar-refractivity contribution in [2.75, 3.05) is 0 Å². The van der Waals surface area contributed by atoms with Crippen LogP contribution in [-0.4, -0.2) is 41.8 Å². The molecule has 0 atom stereocenters. The van der Waals surface area contributed by atoms with Crippen LogP contribution in [0.4, 0.5) is 0 Å². The van der Waals surface area contributed by atoms with Crippen LogP contribution in [-0.2, 0) is 4.34 Å². The molecule has 0 saturated heterocycles. The Bertz CT molecular complexity index is 256. The Hall–Kier alpha value is 0.596. The van der Waals surface area contributed by atoms with E-state index in [1.54, 1.807) is 0 Å². The quantitative estimate of drug-likeness (QED) is 0.673. The van der Waals surface area contributed by atoms with Gasteiger partial charge in [0, 0.05) is 16.1 Å². The molecule has 0 fully saturated rings. The second-order valence-electron chi connectivity index (χ2n) is 7.82. The van der Waals surface area contributed by atoms with Gasteiger partial charge in [0.1, 0.15) is 0 Å². The molecule has 0 aromatic heterocycles. The molecule has 19 heavy (non-hydrogen) atoms. The van der Waals surface area contributed by atoms with E-state index in [1.165, 1.54) is 0 Å². The summed E-state index contributed by atoms with van der Waals surface area (Å²) in [7, 11) is -6.15. The first-order valence-electron chi connectivity index (χ1n) is 7.42. The lowest BCUT2D eigenvalue weighted by Gasteiger charge is -2.44. The normalized spacial score (nSPS) is 14.1. The number of rotatable bonds is 8. The van der Waals surface area contributed by atoms with E-state index in [1.807, 2.05) is 0 Å². The third-order valence-corrected chi connectivity index (χ3v) is 19.4. The summed E-state index contributed by atoms with van der Waals surface area (Å²) in [4.78, 5) is 0. The van der Waals surface area contributed by atoms with Gasteiger partial charge in [0.25, 0.3) is 0 Å². The molecule has 0 aliphatic heterocycles. The van der Waals surface area contributed by atoms with Gasteiger partial charge in [-0.05, 0) is 18.1 Å². The zero-order valence-electron chi connectivity index (χ0n) is 14.1. The molecule has 0 amide bonds. The van der Waals surface area contributed by atoms with Crippen LogP contribution in [0.25, 0.3) is 0 Å². The molecular formula is C12H33BO3Si3. The van der Waals surface area contributed by atoms with Gasteiger partial charge in [0.15, 0.2) is 8.32 Å². The van der Waals surface area contributed by atoms with E-state index in [0.29, 0.717) is 0 Å². The maximum atomic E-state index is 9.26. The molecule has 3 nitrogen and oxygen atoms in total. The minimum atomic E-state index is -2.02. The molecule has 0 radical (unpaired) electrons. The maximum Gasteiger partial charge on any atom is 0.622 e. The Labute approximate surface area is 123 Å². The standard InChI is InChI=1S/C12H33BO3Si3/c1-9-19(10-2,16-13(14)15)11-12(17(3,4)5)18(6,7)8/h12,14-15H,9-11H2,1-8H3. The topological polar surface area (TPSA) is 49.7 Å². The second-order valence-corrected chi connectivity index (χ2v) is 23.7. The maximum absolute atomic E-state index is 9.26. The van der Waals surface area contributed by atoms with Crippen LogP contribution in [0, 0.1) is 0 Å². The molecule has 0 aromatic carbocycles. The van der Waals surface area contributed by atoms with Crippen molar-refractivity contribution < 1.29 is 14.4 Å². The van der Waals surface area contributed by atoms with Crippen molar-refractivity contribution in [3.05, 3.63) is 0 Å². The van der Waals surface area contributed by atoms with E-state index in [0.717, 1.165) is 23.3 Å². The van der Waals surface area contributed by atoms with E-state index >= 15 is 0 Å². The molecular weight excluding hydrogens is 287 g/mol. The predicted molar refractivity (Wildman–Crippen MR) is 93.2 cm³/mol. The zero-order chi connectivity index (χ0) is 15.5. The number of hydrogen-bond donors (Lipinski definition) is 2. The molecule has 0 rings (SSSR count). The molecule has 0 unspecified atom stereocenters. The monoisotopic (exact) mass is 320 g/mol. The first-order chi connectivity index (χ1) is 8.38. The van der Waals surface area contributed by atoms with E-state index < -0.39 is 31.8 Å². The Morgan fingerprint density at radius 3 is 1.47 bits per heavy atom. The Balaban J connectivity index is 5.27. The fourth-order valence-electron chi connectivity index (χ4n) is 3.26. The SMILES string of the molecule is CC[Si](CC)(CC([Si](C)(C)C)[Si](C)(C)C)OB(O)O. The Morgan fingerprint density at radius 1 is 0.895 bits per heavy atom. The van der Waals surface area contributed by atoms with Gasteiger partial charge >= 0.3 is 7.32 Å². The molecule has 2 N–H and O–H groups in total. The third-order valence-electron chi connectivity index (χ3n) is 4.31. The molecule has 0 spiro atoms. The van der Waals surface area contributed by atoms with Crippen molar-refractivity contribution in [1.82, 2.24) is 0 Å². The zero-order valence-corrected chi connectivity index (χ0v) is 17.1. The summed E-state index contributed by atoms with van der Waals surface area (Å²) >= 11 is 0. The van der Waals surface area contributed by atoms with Crippen LogP contribution in [0.2, 0.25) is 62.6 Å². The van der Waals surface area contributed by atoms with Gasteiger partial charge in [-0.2, -0.15) is 0 Å². The summed E-state index contributed by atoms with van der Waals surface area (Å²) in [6.45, 7) is 18.9. The van der Waals surface area contributed by atoms with Crippen molar-refractivity contribution >= 4 is 31.8 Å². The smallest absolute Gasteiger partial charge is 0.428 e. The van der Waals surface area contributed by atoms with E-state index in [2.05, 4.69) is 53.1 Å². The van der Waals surface area contributed by atoms with E-state index in [-0.39, 0.29) is 0 Å². The van der Waals surface area contributed by atoms with Crippen molar-refractivity contribution in [2.24, 2.45) is 0 Å². The molecule has 0 heterocycles. The van der Waals surface area contributed by atoms with Crippen LogP contribution < -0.4 is 0 Å². The van der Waals surface area contributed by atoms with Crippen molar-refractivity contribution in [1.29, 1.82) is 0 Å². The van der Waals surface area contributed by atoms with Gasteiger partial charge in [-0.25, -0.2) is 0 Å². The lowest BCUT2D eigenvalue weighted by molar-refractivity contribution is 0.280. The molecule has 114 valence electrons. The third kappa shape index (κ3) is 6.26. The summed E-state index contributed by atoms with van der Waals surface area (Å²) in [5, 5.41) is 19.3. The summed E-state index contributed by atoms with van der Waals surface area (Å²) < 4.78 is 5.65. The lowest BCUT2D eigenvalue weighted by Crippen LogP contribution is -2.51.